The zero-order valence-electron chi connectivity index (χ0n) is 17.0. The van der Waals surface area contributed by atoms with Crippen LogP contribution in [0, 0.1) is 6.92 Å². The Morgan fingerprint density at radius 3 is 2.61 bits per heavy atom. The molecule has 1 aliphatic heterocycles. The van der Waals surface area contributed by atoms with Gasteiger partial charge in [-0.25, -0.2) is 4.98 Å². The molecule has 1 fully saturated rings. The van der Waals surface area contributed by atoms with Crippen LogP contribution < -0.4 is 20.5 Å². The van der Waals surface area contributed by atoms with Crippen LogP contribution >= 0.6 is 0 Å². The minimum Gasteiger partial charge on any atom is -0.454 e. The first-order valence-electron chi connectivity index (χ1n) is 10.0. The van der Waals surface area contributed by atoms with Gasteiger partial charge in [0.1, 0.15) is 5.82 Å². The zero-order chi connectivity index (χ0) is 21.6. The van der Waals surface area contributed by atoms with E-state index in [1.165, 1.54) is 0 Å². The number of carbonyl (C=O) groups excluding carboxylic acids is 2. The van der Waals surface area contributed by atoms with Gasteiger partial charge >= 0.3 is 0 Å². The van der Waals surface area contributed by atoms with Gasteiger partial charge in [0.2, 0.25) is 18.6 Å². The van der Waals surface area contributed by atoms with Gasteiger partial charge in [-0.1, -0.05) is 18.2 Å². The van der Waals surface area contributed by atoms with Gasteiger partial charge in [0.25, 0.3) is 0 Å². The van der Waals surface area contributed by atoms with Crippen LogP contribution in [0.25, 0.3) is 11.1 Å². The van der Waals surface area contributed by atoms with Crippen molar-refractivity contribution in [2.45, 2.75) is 25.2 Å². The van der Waals surface area contributed by atoms with Crippen LogP contribution in [0.15, 0.2) is 54.7 Å². The first-order chi connectivity index (χ1) is 15.0. The van der Waals surface area contributed by atoms with Crippen LogP contribution in [0.2, 0.25) is 0 Å². The standard InChI is InChI=1S/C24H21N3O4/c1-14-9-21(26-12-18(14)15-3-2-4-16(10-15)22(25)28)27-23(29)24(7-8-24)17-5-6-19-20(11-17)31-13-30-19/h2-6,9-12H,7-8,13H2,1H3,(H2,25,28)(H,26,27,29). The number of pyridine rings is 1. The number of hydrogen-bond donors (Lipinski definition) is 2. The van der Waals surface area contributed by atoms with Crippen LogP contribution in [-0.2, 0) is 10.2 Å². The summed E-state index contributed by atoms with van der Waals surface area (Å²) in [6, 6.07) is 14.6. The Bertz CT molecular complexity index is 1220. The van der Waals surface area contributed by atoms with E-state index in [0.717, 1.165) is 35.1 Å². The minimum absolute atomic E-state index is 0.0817. The SMILES string of the molecule is Cc1cc(NC(=O)C2(c3ccc4c(c3)OCO4)CC2)ncc1-c1cccc(C(N)=O)c1. The number of anilines is 1. The molecule has 1 aromatic heterocycles. The second kappa shape index (κ2) is 7.12. The van der Waals surface area contributed by atoms with Gasteiger partial charge in [-0.2, -0.15) is 0 Å². The number of ether oxygens (including phenoxy) is 2. The number of aromatic nitrogens is 1. The molecule has 5 rings (SSSR count). The number of nitrogens with two attached hydrogens (primary N) is 1. The third-order valence-electron chi connectivity index (χ3n) is 5.92. The summed E-state index contributed by atoms with van der Waals surface area (Å²) in [5, 5.41) is 2.96. The first kappa shape index (κ1) is 19.1. The maximum atomic E-state index is 13.1. The van der Waals surface area contributed by atoms with E-state index in [1.807, 2.05) is 37.3 Å². The van der Waals surface area contributed by atoms with Crippen molar-refractivity contribution in [3.8, 4) is 22.6 Å². The molecule has 7 nitrogen and oxygen atoms in total. The van der Waals surface area contributed by atoms with Crippen molar-refractivity contribution < 1.29 is 19.1 Å². The van der Waals surface area contributed by atoms with E-state index in [4.69, 9.17) is 15.2 Å². The number of carbonyl (C=O) groups is 2. The molecule has 0 unspecified atom stereocenters. The van der Waals surface area contributed by atoms with Crippen molar-refractivity contribution in [3.05, 3.63) is 71.4 Å². The van der Waals surface area contributed by atoms with E-state index in [9.17, 15) is 9.59 Å². The molecule has 1 saturated carbocycles. The lowest BCUT2D eigenvalue weighted by Gasteiger charge is -2.17. The molecule has 1 aliphatic carbocycles. The van der Waals surface area contributed by atoms with E-state index < -0.39 is 11.3 Å². The number of rotatable bonds is 5. The summed E-state index contributed by atoms with van der Waals surface area (Å²) in [5.41, 5.74) is 8.83. The van der Waals surface area contributed by atoms with Gasteiger partial charge in [-0.05, 0) is 66.8 Å². The molecule has 2 amide bonds. The van der Waals surface area contributed by atoms with Crippen LogP contribution in [0.1, 0.15) is 34.3 Å². The van der Waals surface area contributed by atoms with Crippen molar-refractivity contribution >= 4 is 17.6 Å². The summed E-state index contributed by atoms with van der Waals surface area (Å²) in [7, 11) is 0. The van der Waals surface area contributed by atoms with Gasteiger partial charge in [0, 0.05) is 17.3 Å². The molecule has 0 atom stereocenters. The summed E-state index contributed by atoms with van der Waals surface area (Å²) >= 11 is 0. The molecule has 2 heterocycles. The van der Waals surface area contributed by atoms with E-state index in [1.54, 1.807) is 24.4 Å². The second-order valence-corrected chi connectivity index (χ2v) is 7.93. The van der Waals surface area contributed by atoms with Gasteiger partial charge in [-0.3, -0.25) is 9.59 Å². The average Bonchev–Trinajstić information content (AvgIpc) is 3.45. The van der Waals surface area contributed by atoms with Crippen molar-refractivity contribution in [2.24, 2.45) is 5.73 Å². The van der Waals surface area contributed by atoms with Crippen LogP contribution in [0.3, 0.4) is 0 Å². The Kier molecular flexibility index (Phi) is 4.39. The molecule has 2 aliphatic rings. The molecule has 0 bridgehead atoms. The summed E-state index contributed by atoms with van der Waals surface area (Å²) < 4.78 is 10.8. The number of primary amides is 1. The normalized spacial score (nSPS) is 15.4. The third kappa shape index (κ3) is 3.38. The number of hydrogen-bond acceptors (Lipinski definition) is 5. The number of nitrogens with zero attached hydrogens (tertiary/aromatic N) is 1. The fraction of sp³-hybridized carbons (Fsp3) is 0.208. The molecule has 2 aromatic carbocycles. The van der Waals surface area contributed by atoms with E-state index in [-0.39, 0.29) is 12.7 Å². The quantitative estimate of drug-likeness (QED) is 0.663. The number of benzene rings is 2. The third-order valence-corrected chi connectivity index (χ3v) is 5.92. The summed E-state index contributed by atoms with van der Waals surface area (Å²) in [6.07, 6.45) is 3.25. The van der Waals surface area contributed by atoms with Crippen LogP contribution in [0.4, 0.5) is 5.82 Å². The topological polar surface area (TPSA) is 104 Å². The molecule has 7 heteroatoms. The average molecular weight is 415 g/mol. The van der Waals surface area contributed by atoms with E-state index in [2.05, 4.69) is 10.3 Å². The Morgan fingerprint density at radius 1 is 1.06 bits per heavy atom. The van der Waals surface area contributed by atoms with Gasteiger partial charge in [-0.15, -0.1) is 0 Å². The summed E-state index contributed by atoms with van der Waals surface area (Å²) in [4.78, 5) is 29.0. The Balaban J connectivity index is 1.37. The van der Waals surface area contributed by atoms with Crippen LogP contribution in [0.5, 0.6) is 11.5 Å². The molecule has 31 heavy (non-hydrogen) atoms. The van der Waals surface area contributed by atoms with Crippen molar-refractivity contribution in [1.29, 1.82) is 0 Å². The molecular weight excluding hydrogens is 394 g/mol. The highest BCUT2D eigenvalue weighted by molar-refractivity contribution is 6.01. The predicted molar refractivity (Wildman–Crippen MR) is 115 cm³/mol. The highest BCUT2D eigenvalue weighted by Crippen LogP contribution is 2.51. The largest absolute Gasteiger partial charge is 0.454 e. The number of amides is 2. The maximum Gasteiger partial charge on any atom is 0.248 e. The van der Waals surface area contributed by atoms with Crippen molar-refractivity contribution in [1.82, 2.24) is 4.98 Å². The molecule has 0 radical (unpaired) electrons. The highest BCUT2D eigenvalue weighted by atomic mass is 16.7. The minimum atomic E-state index is -0.564. The highest BCUT2D eigenvalue weighted by Gasteiger charge is 2.51. The van der Waals surface area contributed by atoms with E-state index in [0.29, 0.717) is 22.9 Å². The summed E-state index contributed by atoms with van der Waals surface area (Å²) in [5.74, 6) is 1.31. The zero-order valence-corrected chi connectivity index (χ0v) is 17.0. The maximum absolute atomic E-state index is 13.1. The van der Waals surface area contributed by atoms with Crippen LogP contribution in [-0.4, -0.2) is 23.6 Å². The van der Waals surface area contributed by atoms with Gasteiger partial charge in [0.15, 0.2) is 11.5 Å². The fourth-order valence-electron chi connectivity index (χ4n) is 3.97. The van der Waals surface area contributed by atoms with E-state index >= 15 is 0 Å². The monoisotopic (exact) mass is 415 g/mol. The Hall–Kier alpha value is -3.87. The second-order valence-electron chi connectivity index (χ2n) is 7.93. The molecule has 0 saturated heterocycles. The predicted octanol–water partition coefficient (Wildman–Crippen LogP) is 3.55. The lowest BCUT2D eigenvalue weighted by molar-refractivity contribution is -0.118. The molecule has 3 N–H and O–H groups in total. The number of fused-ring (bicyclic) bond motifs is 1. The Labute approximate surface area is 179 Å². The fourth-order valence-corrected chi connectivity index (χ4v) is 3.97. The lowest BCUT2D eigenvalue weighted by Crippen LogP contribution is -2.28. The number of aryl methyl sites for hydroxylation is 1. The number of nitrogens with one attached hydrogen (secondary N) is 1. The molecular formula is C24H21N3O4. The van der Waals surface area contributed by atoms with Gasteiger partial charge in [0.05, 0.1) is 5.41 Å². The molecule has 3 aromatic rings. The van der Waals surface area contributed by atoms with Gasteiger partial charge < -0.3 is 20.5 Å². The Morgan fingerprint density at radius 2 is 1.87 bits per heavy atom. The lowest BCUT2D eigenvalue weighted by atomic mass is 9.94. The first-order valence-corrected chi connectivity index (χ1v) is 10.0. The molecule has 0 spiro atoms. The van der Waals surface area contributed by atoms with Crippen molar-refractivity contribution in [3.63, 3.8) is 0 Å². The summed E-state index contributed by atoms with van der Waals surface area (Å²) in [6.45, 7) is 2.14. The smallest absolute Gasteiger partial charge is 0.248 e. The molecule has 156 valence electrons. The van der Waals surface area contributed by atoms with Crippen molar-refractivity contribution in [2.75, 3.05) is 12.1 Å².